The molecule has 0 aromatic carbocycles. The number of thioether (sulfide) groups is 1. The Morgan fingerprint density at radius 3 is 3.15 bits per heavy atom. The van der Waals surface area contributed by atoms with Crippen molar-refractivity contribution in [3.63, 3.8) is 0 Å². The van der Waals surface area contributed by atoms with E-state index in [1.54, 1.807) is 6.08 Å². The Balaban J connectivity index is 2.03. The maximum Gasteiger partial charge on any atom is 0.234 e. The van der Waals surface area contributed by atoms with Crippen molar-refractivity contribution in [3.05, 3.63) is 12.7 Å². The molecule has 1 saturated heterocycles. The van der Waals surface area contributed by atoms with E-state index < -0.39 is 0 Å². The molecule has 0 saturated carbocycles. The second-order valence-corrected chi connectivity index (χ2v) is 4.18. The average molecular weight is 200 g/mol. The highest BCUT2D eigenvalue weighted by Gasteiger charge is 2.15. The molecule has 2 N–H and O–H groups in total. The summed E-state index contributed by atoms with van der Waals surface area (Å²) in [5.74, 6) is 2.40. The molecule has 1 aliphatic rings. The van der Waals surface area contributed by atoms with Gasteiger partial charge >= 0.3 is 0 Å². The molecule has 13 heavy (non-hydrogen) atoms. The zero-order chi connectivity index (χ0) is 9.52. The summed E-state index contributed by atoms with van der Waals surface area (Å²) in [6.07, 6.45) is 2.86. The molecule has 1 atom stereocenters. The van der Waals surface area contributed by atoms with Crippen LogP contribution in [0.1, 0.15) is 6.42 Å². The van der Waals surface area contributed by atoms with E-state index in [1.807, 2.05) is 11.8 Å². The molecule has 74 valence electrons. The van der Waals surface area contributed by atoms with Crippen molar-refractivity contribution in [3.8, 4) is 0 Å². The number of nitrogens with one attached hydrogen (secondary N) is 2. The van der Waals surface area contributed by atoms with Crippen LogP contribution in [0.25, 0.3) is 0 Å². The lowest BCUT2D eigenvalue weighted by Crippen LogP contribution is -2.39. The van der Waals surface area contributed by atoms with Crippen LogP contribution in [0.2, 0.25) is 0 Å². The normalized spacial score (nSPS) is 21.4. The number of amides is 1. The minimum Gasteiger partial charge on any atom is -0.352 e. The summed E-state index contributed by atoms with van der Waals surface area (Å²) in [4.78, 5) is 11.1. The maximum absolute atomic E-state index is 11.1. The van der Waals surface area contributed by atoms with Crippen LogP contribution in [0, 0.1) is 0 Å². The number of hydrogen-bond donors (Lipinski definition) is 2. The molecule has 0 radical (unpaired) electrons. The van der Waals surface area contributed by atoms with E-state index in [2.05, 4.69) is 17.2 Å². The molecule has 1 fully saturated rings. The van der Waals surface area contributed by atoms with Gasteiger partial charge in [0, 0.05) is 18.3 Å². The van der Waals surface area contributed by atoms with E-state index in [-0.39, 0.29) is 5.91 Å². The van der Waals surface area contributed by atoms with E-state index in [0.29, 0.717) is 19.1 Å². The number of carbonyl (C=O) groups is 1. The summed E-state index contributed by atoms with van der Waals surface area (Å²) in [5, 5.41) is 5.95. The van der Waals surface area contributed by atoms with Gasteiger partial charge in [-0.1, -0.05) is 6.08 Å². The fourth-order valence-corrected chi connectivity index (χ4v) is 2.37. The average Bonchev–Trinajstić information content (AvgIpc) is 2.64. The highest BCUT2D eigenvalue weighted by atomic mass is 32.2. The summed E-state index contributed by atoms with van der Waals surface area (Å²) in [7, 11) is 0. The first kappa shape index (κ1) is 10.6. The van der Waals surface area contributed by atoms with Crippen LogP contribution in [0.5, 0.6) is 0 Å². The summed E-state index contributed by atoms with van der Waals surface area (Å²) in [6, 6.07) is 0.527. The highest BCUT2D eigenvalue weighted by molar-refractivity contribution is 7.99. The Labute approximate surface area is 83.3 Å². The first-order valence-electron chi connectivity index (χ1n) is 4.51. The molecule has 0 aromatic rings. The minimum atomic E-state index is 0.0526. The molecule has 1 unspecified atom stereocenters. The summed E-state index contributed by atoms with van der Waals surface area (Å²) in [6.45, 7) is 4.52. The van der Waals surface area contributed by atoms with Crippen LogP contribution in [-0.2, 0) is 4.79 Å². The van der Waals surface area contributed by atoms with Crippen molar-refractivity contribution in [1.82, 2.24) is 10.6 Å². The van der Waals surface area contributed by atoms with Crippen LogP contribution >= 0.6 is 11.8 Å². The quantitative estimate of drug-likeness (QED) is 0.631. The molecule has 1 heterocycles. The van der Waals surface area contributed by atoms with Crippen molar-refractivity contribution in [1.29, 1.82) is 0 Å². The SMILES string of the molecule is C=CCNC(=O)CNC1CCSC1. The van der Waals surface area contributed by atoms with Gasteiger partial charge in [-0.3, -0.25) is 4.79 Å². The standard InChI is InChI=1S/C9H16N2OS/c1-2-4-10-9(12)6-11-8-3-5-13-7-8/h2,8,11H,1,3-7H2,(H,10,12). The number of rotatable bonds is 5. The van der Waals surface area contributed by atoms with Crippen molar-refractivity contribution in [2.24, 2.45) is 0 Å². The zero-order valence-electron chi connectivity index (χ0n) is 7.71. The largest absolute Gasteiger partial charge is 0.352 e. The smallest absolute Gasteiger partial charge is 0.234 e. The third kappa shape index (κ3) is 4.33. The van der Waals surface area contributed by atoms with Gasteiger partial charge in [0.05, 0.1) is 6.54 Å². The van der Waals surface area contributed by atoms with E-state index in [4.69, 9.17) is 0 Å². The first-order valence-corrected chi connectivity index (χ1v) is 5.67. The van der Waals surface area contributed by atoms with Crippen molar-refractivity contribution in [2.75, 3.05) is 24.6 Å². The molecular formula is C9H16N2OS. The summed E-state index contributed by atoms with van der Waals surface area (Å²) in [5.41, 5.74) is 0. The van der Waals surface area contributed by atoms with Crippen LogP contribution in [-0.4, -0.2) is 36.5 Å². The topological polar surface area (TPSA) is 41.1 Å². The predicted molar refractivity (Wildman–Crippen MR) is 56.9 cm³/mol. The van der Waals surface area contributed by atoms with E-state index in [0.717, 1.165) is 5.75 Å². The van der Waals surface area contributed by atoms with Crippen molar-refractivity contribution >= 4 is 17.7 Å². The van der Waals surface area contributed by atoms with Gasteiger partial charge in [0.2, 0.25) is 5.91 Å². The first-order chi connectivity index (χ1) is 6.33. The fourth-order valence-electron chi connectivity index (χ4n) is 1.18. The highest BCUT2D eigenvalue weighted by Crippen LogP contribution is 2.16. The fraction of sp³-hybridized carbons (Fsp3) is 0.667. The third-order valence-corrected chi connectivity index (χ3v) is 3.09. The Bertz CT molecular complexity index is 178. The zero-order valence-corrected chi connectivity index (χ0v) is 8.53. The molecular weight excluding hydrogens is 184 g/mol. The van der Waals surface area contributed by atoms with Gasteiger partial charge in [-0.05, 0) is 12.2 Å². The lowest BCUT2D eigenvalue weighted by molar-refractivity contribution is -0.120. The Hall–Kier alpha value is -0.480. The van der Waals surface area contributed by atoms with Crippen LogP contribution in [0.15, 0.2) is 12.7 Å². The van der Waals surface area contributed by atoms with E-state index >= 15 is 0 Å². The van der Waals surface area contributed by atoms with Gasteiger partial charge < -0.3 is 10.6 Å². The Kier molecular flexibility index (Phi) is 4.93. The van der Waals surface area contributed by atoms with E-state index in [9.17, 15) is 4.79 Å². The van der Waals surface area contributed by atoms with Crippen LogP contribution in [0.4, 0.5) is 0 Å². The van der Waals surface area contributed by atoms with Crippen LogP contribution < -0.4 is 10.6 Å². The second kappa shape index (κ2) is 6.05. The molecule has 1 rings (SSSR count). The molecule has 0 bridgehead atoms. The Morgan fingerprint density at radius 2 is 2.54 bits per heavy atom. The van der Waals surface area contributed by atoms with Gasteiger partial charge in [-0.25, -0.2) is 0 Å². The second-order valence-electron chi connectivity index (χ2n) is 3.03. The maximum atomic E-state index is 11.1. The molecule has 4 heteroatoms. The summed E-state index contributed by atoms with van der Waals surface area (Å²) < 4.78 is 0. The molecule has 1 amide bonds. The third-order valence-electron chi connectivity index (χ3n) is 1.92. The molecule has 0 aliphatic carbocycles. The summed E-state index contributed by atoms with van der Waals surface area (Å²) >= 11 is 1.94. The molecule has 3 nitrogen and oxygen atoms in total. The lowest BCUT2D eigenvalue weighted by Gasteiger charge is -2.10. The number of hydrogen-bond acceptors (Lipinski definition) is 3. The molecule has 0 aromatic heterocycles. The van der Waals surface area contributed by atoms with Gasteiger partial charge in [0.1, 0.15) is 0 Å². The van der Waals surface area contributed by atoms with Gasteiger partial charge in [-0.15, -0.1) is 6.58 Å². The van der Waals surface area contributed by atoms with Crippen molar-refractivity contribution < 1.29 is 4.79 Å². The van der Waals surface area contributed by atoms with E-state index in [1.165, 1.54) is 12.2 Å². The van der Waals surface area contributed by atoms with Gasteiger partial charge in [0.25, 0.3) is 0 Å². The molecule has 0 spiro atoms. The lowest BCUT2D eigenvalue weighted by atomic mass is 10.2. The molecule has 1 aliphatic heterocycles. The monoisotopic (exact) mass is 200 g/mol. The van der Waals surface area contributed by atoms with Gasteiger partial charge in [0.15, 0.2) is 0 Å². The number of carbonyl (C=O) groups excluding carboxylic acids is 1. The van der Waals surface area contributed by atoms with Gasteiger partial charge in [-0.2, -0.15) is 11.8 Å². The Morgan fingerprint density at radius 1 is 1.69 bits per heavy atom. The predicted octanol–water partition coefficient (Wildman–Crippen LogP) is 0.384. The van der Waals surface area contributed by atoms with Crippen molar-refractivity contribution in [2.45, 2.75) is 12.5 Å². The minimum absolute atomic E-state index is 0.0526. The van der Waals surface area contributed by atoms with Crippen LogP contribution in [0.3, 0.4) is 0 Å².